The van der Waals surface area contributed by atoms with Crippen LogP contribution < -0.4 is 16.4 Å². The van der Waals surface area contributed by atoms with Crippen LogP contribution in [-0.2, 0) is 0 Å². The summed E-state index contributed by atoms with van der Waals surface area (Å²) in [4.78, 5) is 11.9. The summed E-state index contributed by atoms with van der Waals surface area (Å²) in [5.41, 5.74) is 7.17. The Morgan fingerprint density at radius 1 is 1.48 bits per heavy atom. The zero-order chi connectivity index (χ0) is 15.4. The molecule has 0 atom stereocenters. The van der Waals surface area contributed by atoms with Crippen molar-refractivity contribution in [2.45, 2.75) is 6.92 Å². The Morgan fingerprint density at radius 2 is 2.24 bits per heavy atom. The predicted octanol–water partition coefficient (Wildman–Crippen LogP) is 2.11. The number of rotatable bonds is 3. The number of hydrogen-bond donors (Lipinski definition) is 5. The van der Waals surface area contributed by atoms with Crippen LogP contribution in [0.15, 0.2) is 29.6 Å². The molecule has 0 saturated carbocycles. The standard InChI is InChI=1S/C12H13ClN6O2/c1-6-2-3-7(4-9(6)13)16-12(20)17-11-8(5-15-18-11)10(14)19-21/h2-5,21H,1H3,(H2,14,19)(H3,15,16,17,18,20). The third kappa shape index (κ3) is 3.42. The molecule has 1 aromatic carbocycles. The number of oxime groups is 1. The Bertz CT molecular complexity index is 697. The molecule has 6 N–H and O–H groups in total. The van der Waals surface area contributed by atoms with Gasteiger partial charge in [-0.15, -0.1) is 0 Å². The van der Waals surface area contributed by atoms with E-state index in [0.717, 1.165) is 5.56 Å². The second kappa shape index (κ2) is 6.14. The number of anilines is 2. The molecule has 0 radical (unpaired) electrons. The van der Waals surface area contributed by atoms with Gasteiger partial charge in [-0.1, -0.05) is 22.8 Å². The molecule has 21 heavy (non-hydrogen) atoms. The molecule has 110 valence electrons. The lowest BCUT2D eigenvalue weighted by Gasteiger charge is -2.08. The molecule has 2 amide bonds. The van der Waals surface area contributed by atoms with E-state index in [1.165, 1.54) is 6.20 Å². The Balaban J connectivity index is 2.08. The van der Waals surface area contributed by atoms with Gasteiger partial charge in [-0.3, -0.25) is 10.4 Å². The van der Waals surface area contributed by atoms with Gasteiger partial charge >= 0.3 is 6.03 Å². The van der Waals surface area contributed by atoms with Gasteiger partial charge < -0.3 is 16.3 Å². The number of benzene rings is 1. The fourth-order valence-electron chi connectivity index (χ4n) is 1.58. The van der Waals surface area contributed by atoms with E-state index in [0.29, 0.717) is 10.7 Å². The number of nitrogens with one attached hydrogen (secondary N) is 3. The van der Waals surface area contributed by atoms with E-state index in [1.54, 1.807) is 18.2 Å². The molecule has 0 saturated heterocycles. The Kier molecular flexibility index (Phi) is 4.29. The van der Waals surface area contributed by atoms with Crippen molar-refractivity contribution in [2.24, 2.45) is 10.9 Å². The van der Waals surface area contributed by atoms with Gasteiger partial charge in [0.05, 0.1) is 11.8 Å². The number of nitrogens with zero attached hydrogens (tertiary/aromatic N) is 2. The molecule has 2 aromatic rings. The van der Waals surface area contributed by atoms with Crippen LogP contribution in [0.4, 0.5) is 16.3 Å². The fourth-order valence-corrected chi connectivity index (χ4v) is 1.76. The van der Waals surface area contributed by atoms with Crippen molar-refractivity contribution in [3.8, 4) is 0 Å². The fraction of sp³-hybridized carbons (Fsp3) is 0.0833. The van der Waals surface area contributed by atoms with Gasteiger partial charge in [0.2, 0.25) is 0 Å². The van der Waals surface area contributed by atoms with Crippen LogP contribution in [0.2, 0.25) is 5.02 Å². The molecule has 0 aliphatic heterocycles. The number of nitrogens with two attached hydrogens (primary N) is 1. The number of aryl methyl sites for hydroxylation is 1. The van der Waals surface area contributed by atoms with E-state index < -0.39 is 6.03 Å². The summed E-state index contributed by atoms with van der Waals surface area (Å²) < 4.78 is 0. The lowest BCUT2D eigenvalue weighted by molar-refractivity contribution is 0.262. The molecular formula is C12H13ClN6O2. The van der Waals surface area contributed by atoms with Crippen molar-refractivity contribution < 1.29 is 10.0 Å². The maximum Gasteiger partial charge on any atom is 0.324 e. The zero-order valence-corrected chi connectivity index (χ0v) is 11.8. The SMILES string of the molecule is Cc1ccc(NC(=O)Nc2[nH]ncc2C(N)=NO)cc1Cl. The normalized spacial score (nSPS) is 11.2. The van der Waals surface area contributed by atoms with E-state index in [9.17, 15) is 4.79 Å². The third-order valence-electron chi connectivity index (χ3n) is 2.69. The highest BCUT2D eigenvalue weighted by Gasteiger charge is 2.12. The highest BCUT2D eigenvalue weighted by atomic mass is 35.5. The van der Waals surface area contributed by atoms with E-state index in [1.807, 2.05) is 6.92 Å². The van der Waals surface area contributed by atoms with Crippen molar-refractivity contribution in [2.75, 3.05) is 10.6 Å². The van der Waals surface area contributed by atoms with Gasteiger partial charge in [0.1, 0.15) is 5.82 Å². The molecule has 1 heterocycles. The molecule has 9 heteroatoms. The molecular weight excluding hydrogens is 296 g/mol. The number of carbonyl (C=O) groups is 1. The molecule has 0 unspecified atom stereocenters. The van der Waals surface area contributed by atoms with Crippen LogP contribution in [0.5, 0.6) is 0 Å². The first-order valence-corrected chi connectivity index (χ1v) is 6.24. The summed E-state index contributed by atoms with van der Waals surface area (Å²) in [6.07, 6.45) is 1.33. The molecule has 0 aliphatic rings. The number of amides is 2. The number of amidine groups is 1. The predicted molar refractivity (Wildman–Crippen MR) is 79.9 cm³/mol. The third-order valence-corrected chi connectivity index (χ3v) is 3.10. The summed E-state index contributed by atoms with van der Waals surface area (Å²) in [5, 5.41) is 23.4. The maximum atomic E-state index is 11.9. The van der Waals surface area contributed by atoms with Crippen LogP contribution in [0.3, 0.4) is 0 Å². The first kappa shape index (κ1) is 14.7. The molecule has 0 bridgehead atoms. The van der Waals surface area contributed by atoms with Crippen molar-refractivity contribution >= 4 is 35.0 Å². The lowest BCUT2D eigenvalue weighted by atomic mass is 10.2. The quantitative estimate of drug-likeness (QED) is 0.257. The number of carbonyl (C=O) groups excluding carboxylic acids is 1. The minimum absolute atomic E-state index is 0.169. The van der Waals surface area contributed by atoms with E-state index in [2.05, 4.69) is 26.0 Å². The van der Waals surface area contributed by atoms with Gasteiger partial charge in [0, 0.05) is 10.7 Å². The summed E-state index contributed by atoms with van der Waals surface area (Å²) in [6, 6.07) is 4.62. The minimum atomic E-state index is -0.522. The zero-order valence-electron chi connectivity index (χ0n) is 11.0. The van der Waals surface area contributed by atoms with Crippen molar-refractivity contribution in [1.29, 1.82) is 0 Å². The summed E-state index contributed by atoms with van der Waals surface area (Å²) in [7, 11) is 0. The van der Waals surface area contributed by atoms with Gasteiger partial charge in [0.15, 0.2) is 5.84 Å². The largest absolute Gasteiger partial charge is 0.409 e. The van der Waals surface area contributed by atoms with E-state index >= 15 is 0 Å². The highest BCUT2D eigenvalue weighted by Crippen LogP contribution is 2.20. The monoisotopic (exact) mass is 308 g/mol. The molecule has 0 aliphatic carbocycles. The van der Waals surface area contributed by atoms with Crippen LogP contribution >= 0.6 is 11.6 Å². The number of H-pyrrole nitrogens is 1. The number of urea groups is 1. The molecule has 2 rings (SSSR count). The topological polar surface area (TPSA) is 128 Å². The molecule has 0 spiro atoms. The van der Waals surface area contributed by atoms with Gasteiger partial charge in [-0.05, 0) is 24.6 Å². The van der Waals surface area contributed by atoms with E-state index in [4.69, 9.17) is 22.5 Å². The number of aromatic nitrogens is 2. The summed E-state index contributed by atoms with van der Waals surface area (Å²) in [5.74, 6) is 0.0402. The number of halogens is 1. The highest BCUT2D eigenvalue weighted by molar-refractivity contribution is 6.31. The number of aromatic amines is 1. The van der Waals surface area contributed by atoms with Gasteiger partial charge in [-0.25, -0.2) is 4.79 Å². The van der Waals surface area contributed by atoms with Crippen LogP contribution in [0.25, 0.3) is 0 Å². The van der Waals surface area contributed by atoms with Crippen molar-refractivity contribution in [3.63, 3.8) is 0 Å². The average Bonchev–Trinajstić information content (AvgIpc) is 2.90. The van der Waals surface area contributed by atoms with Crippen LogP contribution in [-0.4, -0.2) is 27.3 Å². The van der Waals surface area contributed by atoms with Gasteiger partial charge in [0.25, 0.3) is 0 Å². The number of hydrogen-bond acceptors (Lipinski definition) is 4. The maximum absolute atomic E-state index is 11.9. The van der Waals surface area contributed by atoms with Crippen molar-refractivity contribution in [1.82, 2.24) is 10.2 Å². The Labute approximate surface area is 125 Å². The second-order valence-corrected chi connectivity index (χ2v) is 4.59. The Morgan fingerprint density at radius 3 is 2.90 bits per heavy atom. The van der Waals surface area contributed by atoms with Crippen molar-refractivity contribution in [3.05, 3.63) is 40.5 Å². The summed E-state index contributed by atoms with van der Waals surface area (Å²) >= 11 is 5.98. The summed E-state index contributed by atoms with van der Waals surface area (Å²) in [6.45, 7) is 1.86. The Hall–Kier alpha value is -2.74. The van der Waals surface area contributed by atoms with Gasteiger partial charge in [-0.2, -0.15) is 5.10 Å². The van der Waals surface area contributed by atoms with Crippen LogP contribution in [0.1, 0.15) is 11.1 Å². The molecule has 0 fully saturated rings. The lowest BCUT2D eigenvalue weighted by Crippen LogP contribution is -2.22. The first-order chi connectivity index (χ1) is 10.0. The minimum Gasteiger partial charge on any atom is -0.409 e. The smallest absolute Gasteiger partial charge is 0.324 e. The second-order valence-electron chi connectivity index (χ2n) is 4.19. The molecule has 8 nitrogen and oxygen atoms in total. The first-order valence-electron chi connectivity index (χ1n) is 5.86. The van der Waals surface area contributed by atoms with E-state index in [-0.39, 0.29) is 17.2 Å². The van der Waals surface area contributed by atoms with Crippen LogP contribution in [0, 0.1) is 6.92 Å². The average molecular weight is 309 g/mol. The molecule has 1 aromatic heterocycles.